The van der Waals surface area contributed by atoms with Gasteiger partial charge in [-0.25, -0.2) is 13.4 Å². The molecule has 15 heteroatoms. The molecule has 0 radical (unpaired) electrons. The van der Waals surface area contributed by atoms with Crippen molar-refractivity contribution in [3.8, 4) is 0 Å². The number of nitrogens with two attached hydrogens (primary N) is 1. The smallest absolute Gasteiger partial charge is 0.303 e. The minimum atomic E-state index is -3.81. The Kier molecular flexibility index (Phi) is 6.83. The van der Waals surface area contributed by atoms with Crippen molar-refractivity contribution in [2.75, 3.05) is 18.1 Å². The van der Waals surface area contributed by atoms with Gasteiger partial charge in [-0.05, 0) is 0 Å². The maximum Gasteiger partial charge on any atom is 0.303 e. The summed E-state index contributed by atoms with van der Waals surface area (Å²) in [4.78, 5) is 46.8. The van der Waals surface area contributed by atoms with Crippen molar-refractivity contribution in [3.63, 3.8) is 0 Å². The molecule has 2 aromatic rings. The zero-order valence-corrected chi connectivity index (χ0v) is 19.1. The lowest BCUT2D eigenvalue weighted by Crippen LogP contribution is -2.40. The van der Waals surface area contributed by atoms with Crippen LogP contribution in [-0.2, 0) is 43.2 Å². The third kappa shape index (κ3) is 5.03. The molecule has 0 unspecified atom stereocenters. The third-order valence-corrected chi connectivity index (χ3v) is 6.20. The third-order valence-electron chi connectivity index (χ3n) is 4.70. The standard InChI is InChI=1S/C18H23N5O9S/c1-5-33(27,28)18-21-15(19)12-16(22-18)23(7-20-12)17-14(31-10(4)26)13(30-9(3)25)11(32-17)6-29-8(2)24/h7,11,13-14,17H,5-6H2,1-4H3,(H2,19,21,22)/t11-,13-,14-,17-/m1/s1. The van der Waals surface area contributed by atoms with Crippen molar-refractivity contribution in [1.82, 2.24) is 19.5 Å². The average molecular weight is 485 g/mol. The Morgan fingerprint density at radius 2 is 1.73 bits per heavy atom. The number of hydrogen-bond donors (Lipinski definition) is 1. The zero-order valence-electron chi connectivity index (χ0n) is 18.2. The number of carbonyl (C=O) groups excluding carboxylic acids is 3. The number of imidazole rings is 1. The van der Waals surface area contributed by atoms with Crippen LogP contribution in [0.25, 0.3) is 11.2 Å². The van der Waals surface area contributed by atoms with Crippen LogP contribution in [0.15, 0.2) is 11.5 Å². The molecule has 1 aliphatic heterocycles. The summed E-state index contributed by atoms with van der Waals surface area (Å²) in [5.74, 6) is -2.43. The number of nitrogens with zero attached hydrogens (tertiary/aromatic N) is 4. The highest BCUT2D eigenvalue weighted by molar-refractivity contribution is 7.91. The Labute approximate surface area is 188 Å². The fourth-order valence-electron chi connectivity index (χ4n) is 3.29. The minimum absolute atomic E-state index is 0.00797. The van der Waals surface area contributed by atoms with E-state index in [1.54, 1.807) is 0 Å². The topological polar surface area (TPSA) is 192 Å². The van der Waals surface area contributed by atoms with E-state index in [4.69, 9.17) is 24.7 Å². The SMILES string of the molecule is CCS(=O)(=O)c1nc(N)c2ncn([C@@H]3O[C@H](COC(C)=O)[C@@H](OC(C)=O)[C@H]3OC(C)=O)c2n1. The second kappa shape index (κ2) is 9.27. The molecule has 4 atom stereocenters. The first-order valence-corrected chi connectivity index (χ1v) is 11.5. The van der Waals surface area contributed by atoms with Crippen LogP contribution in [0, 0.1) is 0 Å². The van der Waals surface area contributed by atoms with Crippen molar-refractivity contribution in [1.29, 1.82) is 0 Å². The van der Waals surface area contributed by atoms with Crippen LogP contribution < -0.4 is 5.73 Å². The molecule has 0 aromatic carbocycles. The molecule has 3 rings (SSSR count). The van der Waals surface area contributed by atoms with Gasteiger partial charge in [0.15, 0.2) is 29.9 Å². The van der Waals surface area contributed by atoms with Crippen LogP contribution in [0.5, 0.6) is 0 Å². The molecule has 3 heterocycles. The highest BCUT2D eigenvalue weighted by Crippen LogP contribution is 2.36. The molecule has 0 aliphatic carbocycles. The van der Waals surface area contributed by atoms with Crippen LogP contribution in [0.3, 0.4) is 0 Å². The molecule has 2 aromatic heterocycles. The number of sulfone groups is 1. The number of ether oxygens (including phenoxy) is 4. The summed E-state index contributed by atoms with van der Waals surface area (Å²) >= 11 is 0. The molecule has 2 N–H and O–H groups in total. The number of hydrogen-bond acceptors (Lipinski definition) is 13. The quantitative estimate of drug-likeness (QED) is 0.301. The summed E-state index contributed by atoms with van der Waals surface area (Å²) in [5.41, 5.74) is 5.97. The van der Waals surface area contributed by atoms with E-state index in [0.717, 1.165) is 13.8 Å². The van der Waals surface area contributed by atoms with Gasteiger partial charge in [0.1, 0.15) is 18.2 Å². The summed E-state index contributed by atoms with van der Waals surface area (Å²) < 4.78 is 47.5. The lowest BCUT2D eigenvalue weighted by Gasteiger charge is -2.23. The molecule has 0 amide bonds. The van der Waals surface area contributed by atoms with Crippen LogP contribution in [0.4, 0.5) is 5.82 Å². The van der Waals surface area contributed by atoms with Crippen molar-refractivity contribution in [2.45, 2.75) is 57.4 Å². The molecular weight excluding hydrogens is 462 g/mol. The fourth-order valence-corrected chi connectivity index (χ4v) is 4.01. The minimum Gasteiger partial charge on any atom is -0.463 e. The number of fused-ring (bicyclic) bond motifs is 1. The Morgan fingerprint density at radius 1 is 1.09 bits per heavy atom. The van der Waals surface area contributed by atoms with Gasteiger partial charge in [0.05, 0.1) is 12.1 Å². The molecule has 1 fully saturated rings. The Morgan fingerprint density at radius 3 is 2.30 bits per heavy atom. The normalized spacial score (nSPS) is 22.8. The van der Waals surface area contributed by atoms with Gasteiger partial charge in [0, 0.05) is 20.8 Å². The Bertz CT molecular complexity index is 1200. The van der Waals surface area contributed by atoms with E-state index in [1.165, 1.54) is 24.7 Å². The van der Waals surface area contributed by atoms with Crippen LogP contribution in [0.2, 0.25) is 0 Å². The van der Waals surface area contributed by atoms with Gasteiger partial charge < -0.3 is 24.7 Å². The van der Waals surface area contributed by atoms with E-state index in [-0.39, 0.29) is 29.3 Å². The number of anilines is 1. The van der Waals surface area contributed by atoms with E-state index in [0.29, 0.717) is 0 Å². The van der Waals surface area contributed by atoms with E-state index < -0.39 is 57.4 Å². The molecule has 0 saturated carbocycles. The monoisotopic (exact) mass is 485 g/mol. The zero-order chi connectivity index (χ0) is 24.5. The summed E-state index contributed by atoms with van der Waals surface area (Å²) in [7, 11) is -3.81. The summed E-state index contributed by atoms with van der Waals surface area (Å²) in [6.45, 7) is 4.62. The van der Waals surface area contributed by atoms with Crippen molar-refractivity contribution >= 4 is 44.7 Å². The first kappa shape index (κ1) is 24.3. The molecule has 0 spiro atoms. The second-order valence-corrected chi connectivity index (χ2v) is 9.31. The number of esters is 3. The van der Waals surface area contributed by atoms with Crippen molar-refractivity contribution in [3.05, 3.63) is 6.33 Å². The maximum absolute atomic E-state index is 12.3. The van der Waals surface area contributed by atoms with Gasteiger partial charge in [-0.1, -0.05) is 6.92 Å². The summed E-state index contributed by atoms with van der Waals surface area (Å²) in [6.07, 6.45) is -3.28. The Balaban J connectivity index is 2.12. The van der Waals surface area contributed by atoms with Crippen molar-refractivity contribution < 1.29 is 41.7 Å². The van der Waals surface area contributed by atoms with Crippen LogP contribution in [-0.4, -0.2) is 76.5 Å². The molecule has 0 bridgehead atoms. The molecule has 1 aliphatic rings. The van der Waals surface area contributed by atoms with Crippen molar-refractivity contribution in [2.24, 2.45) is 0 Å². The second-order valence-electron chi connectivity index (χ2n) is 7.13. The van der Waals surface area contributed by atoms with Gasteiger partial charge in [-0.15, -0.1) is 0 Å². The molecular formula is C18H23N5O9S. The fraction of sp³-hybridized carbons (Fsp3) is 0.556. The molecule has 1 saturated heterocycles. The van der Waals surface area contributed by atoms with Gasteiger partial charge in [0.2, 0.25) is 9.84 Å². The largest absolute Gasteiger partial charge is 0.463 e. The van der Waals surface area contributed by atoms with Gasteiger partial charge >= 0.3 is 17.9 Å². The molecule has 14 nitrogen and oxygen atoms in total. The number of rotatable bonds is 7. The first-order valence-electron chi connectivity index (χ1n) is 9.80. The number of carbonyl (C=O) groups is 3. The number of aromatic nitrogens is 4. The van der Waals surface area contributed by atoms with E-state index in [2.05, 4.69) is 15.0 Å². The van der Waals surface area contributed by atoms with Crippen LogP contribution >= 0.6 is 0 Å². The molecule has 33 heavy (non-hydrogen) atoms. The predicted molar refractivity (Wildman–Crippen MR) is 109 cm³/mol. The average Bonchev–Trinajstić information content (AvgIpc) is 3.28. The van der Waals surface area contributed by atoms with E-state index in [9.17, 15) is 22.8 Å². The maximum atomic E-state index is 12.3. The highest BCUT2D eigenvalue weighted by Gasteiger charge is 2.51. The van der Waals surface area contributed by atoms with E-state index in [1.807, 2.05) is 0 Å². The first-order chi connectivity index (χ1) is 15.4. The van der Waals surface area contributed by atoms with Gasteiger partial charge in [0.25, 0.3) is 5.16 Å². The van der Waals surface area contributed by atoms with Gasteiger partial charge in [-0.2, -0.15) is 9.97 Å². The Hall–Kier alpha value is -3.33. The number of nitrogen functional groups attached to an aromatic ring is 1. The predicted octanol–water partition coefficient (Wildman–Crippen LogP) is -0.474. The highest BCUT2D eigenvalue weighted by atomic mass is 32.2. The summed E-state index contributed by atoms with van der Waals surface area (Å²) in [5, 5.41) is -0.508. The van der Waals surface area contributed by atoms with Gasteiger partial charge in [-0.3, -0.25) is 19.0 Å². The van der Waals surface area contributed by atoms with E-state index >= 15 is 0 Å². The molecule has 180 valence electrons. The van der Waals surface area contributed by atoms with Crippen LogP contribution in [0.1, 0.15) is 33.9 Å². The lowest BCUT2D eigenvalue weighted by atomic mass is 10.1. The lowest BCUT2D eigenvalue weighted by molar-refractivity contribution is -0.166. The summed E-state index contributed by atoms with van der Waals surface area (Å²) in [6, 6.07) is 0.